The van der Waals surface area contributed by atoms with Crippen molar-refractivity contribution in [1.29, 1.82) is 0 Å². The summed E-state index contributed by atoms with van der Waals surface area (Å²) in [5, 5.41) is 3.20. The Morgan fingerprint density at radius 3 is 2.88 bits per heavy atom. The van der Waals surface area contributed by atoms with Crippen molar-refractivity contribution in [2.45, 2.75) is 12.6 Å². The number of nitrogens with one attached hydrogen (secondary N) is 2. The van der Waals surface area contributed by atoms with Crippen molar-refractivity contribution >= 4 is 16.9 Å². The molecule has 0 saturated carbocycles. The van der Waals surface area contributed by atoms with Crippen molar-refractivity contribution < 1.29 is 20.8 Å². The second-order valence-corrected chi connectivity index (χ2v) is 5.30. The van der Waals surface area contributed by atoms with Crippen molar-refractivity contribution in [3.05, 3.63) is 54.4 Å². The van der Waals surface area contributed by atoms with Gasteiger partial charge in [-0.05, 0) is 35.4 Å². The van der Waals surface area contributed by atoms with Gasteiger partial charge in [0.15, 0.2) is 0 Å². The summed E-state index contributed by atoms with van der Waals surface area (Å²) in [5.74, 6) is -0.527. The number of aromatic amines is 1. The Bertz CT molecular complexity index is 881. The van der Waals surface area contributed by atoms with Crippen molar-refractivity contribution in [2.24, 2.45) is 0 Å². The third kappa shape index (κ3) is 3.56. The Labute approximate surface area is 138 Å². The van der Waals surface area contributed by atoms with Crippen LogP contribution in [-0.2, 0) is 0 Å². The second kappa shape index (κ2) is 6.35. The number of halogens is 3. The Balaban J connectivity index is 0.00000169. The predicted octanol–water partition coefficient (Wildman–Crippen LogP) is 4.40. The summed E-state index contributed by atoms with van der Waals surface area (Å²) >= 11 is 0. The van der Waals surface area contributed by atoms with E-state index in [0.29, 0.717) is 5.56 Å². The van der Waals surface area contributed by atoms with Gasteiger partial charge in [0, 0.05) is 32.7 Å². The van der Waals surface area contributed by atoms with Gasteiger partial charge < -0.3 is 10.3 Å². The summed E-state index contributed by atoms with van der Waals surface area (Å²) in [6.45, 7) is -0.441. The van der Waals surface area contributed by atoms with Crippen molar-refractivity contribution in [3.63, 3.8) is 0 Å². The first-order chi connectivity index (χ1) is 11.4. The normalized spacial score (nSPS) is 11.6. The molecule has 128 valence electrons. The van der Waals surface area contributed by atoms with Gasteiger partial charge in [0.1, 0.15) is 5.65 Å². The van der Waals surface area contributed by atoms with Gasteiger partial charge in [-0.25, -0.2) is 4.98 Å². The molecule has 3 rings (SSSR count). The molecular formula is C17H18F3N3O. The highest BCUT2D eigenvalue weighted by molar-refractivity contribution is 5.98. The summed E-state index contributed by atoms with van der Waals surface area (Å²) in [6, 6.07) is 10.5. The quantitative estimate of drug-likeness (QED) is 0.741. The summed E-state index contributed by atoms with van der Waals surface area (Å²) in [6.07, 6.45) is -1.90. The number of aromatic nitrogens is 2. The Hall–Kier alpha value is -2.83. The largest absolute Gasteiger partial charge is 0.390 e. The van der Waals surface area contributed by atoms with Crippen LogP contribution in [-0.4, -0.2) is 28.6 Å². The average molecular weight is 337 g/mol. The van der Waals surface area contributed by atoms with Gasteiger partial charge in [0.05, 0.1) is 6.42 Å². The van der Waals surface area contributed by atoms with Gasteiger partial charge in [0.25, 0.3) is 5.91 Å². The van der Waals surface area contributed by atoms with E-state index in [2.05, 4.69) is 15.3 Å². The van der Waals surface area contributed by atoms with Crippen LogP contribution in [0.3, 0.4) is 0 Å². The molecule has 1 amide bonds. The van der Waals surface area contributed by atoms with Crippen LogP contribution < -0.4 is 5.32 Å². The fourth-order valence-electron chi connectivity index (χ4n) is 2.46. The first kappa shape index (κ1) is 16.0. The monoisotopic (exact) mass is 337 g/mol. The number of H-pyrrole nitrogens is 1. The van der Waals surface area contributed by atoms with E-state index in [1.54, 1.807) is 30.6 Å². The lowest BCUT2D eigenvalue weighted by molar-refractivity contribution is -0.132. The zero-order chi connectivity index (χ0) is 17.2. The number of hydrogen-bond acceptors (Lipinski definition) is 2. The van der Waals surface area contributed by atoms with E-state index in [0.717, 1.165) is 22.2 Å². The number of carbonyl (C=O) groups excluding carboxylic acids is 1. The molecule has 0 fully saturated rings. The van der Waals surface area contributed by atoms with Crippen molar-refractivity contribution in [2.75, 3.05) is 6.54 Å². The summed E-state index contributed by atoms with van der Waals surface area (Å²) in [4.78, 5) is 19.2. The van der Waals surface area contributed by atoms with Gasteiger partial charge in [-0.2, -0.15) is 13.2 Å². The minimum atomic E-state index is -4.29. The number of amides is 1. The SMILES string of the molecule is O=C(NCCC(F)(F)F)c1cccc(-c2ccnc3[nH]ccc23)c1.[HH].[HH]. The summed E-state index contributed by atoms with van der Waals surface area (Å²) in [7, 11) is 0. The van der Waals surface area contributed by atoms with Crippen LogP contribution in [0.2, 0.25) is 0 Å². The number of hydrogen-bond donors (Lipinski definition) is 2. The molecule has 0 spiro atoms. The van der Waals surface area contributed by atoms with Gasteiger partial charge in [-0.3, -0.25) is 4.79 Å². The highest BCUT2D eigenvalue weighted by Crippen LogP contribution is 2.27. The van der Waals surface area contributed by atoms with E-state index >= 15 is 0 Å². The number of nitrogens with zero attached hydrogens (tertiary/aromatic N) is 1. The van der Waals surface area contributed by atoms with E-state index in [4.69, 9.17) is 0 Å². The van der Waals surface area contributed by atoms with Crippen LogP contribution in [0, 0.1) is 0 Å². The maximum absolute atomic E-state index is 12.2. The van der Waals surface area contributed by atoms with E-state index in [1.807, 2.05) is 18.2 Å². The van der Waals surface area contributed by atoms with Gasteiger partial charge in [0.2, 0.25) is 0 Å². The molecular weight excluding hydrogens is 319 g/mol. The number of carbonyl (C=O) groups is 1. The molecule has 0 saturated heterocycles. The lowest BCUT2D eigenvalue weighted by atomic mass is 10.0. The lowest BCUT2D eigenvalue weighted by Gasteiger charge is -2.09. The van der Waals surface area contributed by atoms with Crippen LogP contribution >= 0.6 is 0 Å². The molecule has 0 radical (unpaired) electrons. The molecule has 0 bridgehead atoms. The van der Waals surface area contributed by atoms with Crippen LogP contribution in [0.25, 0.3) is 22.2 Å². The molecule has 0 aliphatic carbocycles. The third-order valence-electron chi connectivity index (χ3n) is 3.59. The third-order valence-corrected chi connectivity index (χ3v) is 3.59. The smallest absolute Gasteiger partial charge is 0.352 e. The van der Waals surface area contributed by atoms with E-state index in [-0.39, 0.29) is 2.85 Å². The minimum Gasteiger partial charge on any atom is -0.352 e. The number of rotatable bonds is 4. The molecule has 1 aromatic carbocycles. The Morgan fingerprint density at radius 2 is 2.08 bits per heavy atom. The van der Waals surface area contributed by atoms with Crippen molar-refractivity contribution in [1.82, 2.24) is 15.3 Å². The van der Waals surface area contributed by atoms with E-state index in [1.165, 1.54) is 0 Å². The molecule has 2 heterocycles. The molecule has 0 aliphatic heterocycles. The molecule has 0 atom stereocenters. The van der Waals surface area contributed by atoms with Crippen LogP contribution in [0.4, 0.5) is 13.2 Å². The van der Waals surface area contributed by atoms with Crippen LogP contribution in [0.5, 0.6) is 0 Å². The Morgan fingerprint density at radius 1 is 1.25 bits per heavy atom. The zero-order valence-electron chi connectivity index (χ0n) is 12.5. The zero-order valence-corrected chi connectivity index (χ0v) is 12.5. The molecule has 2 N–H and O–H groups in total. The van der Waals surface area contributed by atoms with Crippen LogP contribution in [0.15, 0.2) is 48.8 Å². The molecule has 24 heavy (non-hydrogen) atoms. The molecule has 0 aliphatic rings. The highest BCUT2D eigenvalue weighted by Gasteiger charge is 2.26. The topological polar surface area (TPSA) is 57.8 Å². The number of fused-ring (bicyclic) bond motifs is 1. The first-order valence-corrected chi connectivity index (χ1v) is 7.31. The standard InChI is InChI=1S/C17H14F3N3O.2H2/c18-17(19,20)6-9-23-16(24)12-3-1-2-11(10-12)13-4-7-21-15-14(13)5-8-22-15;;/h1-5,7-8,10H,6,9H2,(H,21,22)(H,23,24);2*1H. The van der Waals surface area contributed by atoms with Crippen molar-refractivity contribution in [3.8, 4) is 11.1 Å². The molecule has 0 unspecified atom stereocenters. The Kier molecular flexibility index (Phi) is 4.24. The summed E-state index contributed by atoms with van der Waals surface area (Å²) < 4.78 is 36.5. The predicted molar refractivity (Wildman–Crippen MR) is 88.8 cm³/mol. The highest BCUT2D eigenvalue weighted by atomic mass is 19.4. The maximum atomic E-state index is 12.2. The maximum Gasteiger partial charge on any atom is 0.390 e. The molecule has 7 heteroatoms. The van der Waals surface area contributed by atoms with E-state index in [9.17, 15) is 18.0 Å². The fourth-order valence-corrected chi connectivity index (χ4v) is 2.46. The molecule has 2 aromatic heterocycles. The minimum absolute atomic E-state index is 0. The number of pyridine rings is 1. The summed E-state index contributed by atoms with van der Waals surface area (Å²) in [5.41, 5.74) is 2.74. The van der Waals surface area contributed by atoms with Gasteiger partial charge >= 0.3 is 6.18 Å². The number of alkyl halides is 3. The van der Waals surface area contributed by atoms with Gasteiger partial charge in [-0.1, -0.05) is 12.1 Å². The lowest BCUT2D eigenvalue weighted by Crippen LogP contribution is -2.27. The number of benzene rings is 1. The fraction of sp³-hybridized carbons (Fsp3) is 0.176. The molecule has 3 aromatic rings. The molecule has 4 nitrogen and oxygen atoms in total. The second-order valence-electron chi connectivity index (χ2n) is 5.30. The van der Waals surface area contributed by atoms with E-state index < -0.39 is 25.0 Å². The van der Waals surface area contributed by atoms with Gasteiger partial charge in [-0.15, -0.1) is 0 Å². The average Bonchev–Trinajstić information content (AvgIpc) is 3.02. The van der Waals surface area contributed by atoms with Crippen LogP contribution in [0.1, 0.15) is 19.6 Å². The first-order valence-electron chi connectivity index (χ1n) is 7.31.